The number of hydrogen-bond donors (Lipinski definition) is 1. The van der Waals surface area contributed by atoms with Crippen molar-refractivity contribution in [2.24, 2.45) is 0 Å². The number of nitrogens with one attached hydrogen (secondary N) is 1. The number of pyridine rings is 1. The van der Waals surface area contributed by atoms with Crippen LogP contribution in [0.1, 0.15) is 15.9 Å². The van der Waals surface area contributed by atoms with Gasteiger partial charge < -0.3 is 5.32 Å². The van der Waals surface area contributed by atoms with E-state index in [1.165, 1.54) is 6.20 Å². The van der Waals surface area contributed by atoms with Crippen molar-refractivity contribution >= 4 is 11.6 Å². The van der Waals surface area contributed by atoms with E-state index in [9.17, 15) is 23.7 Å². The van der Waals surface area contributed by atoms with Gasteiger partial charge in [-0.05, 0) is 17.7 Å². The molecule has 1 aromatic heterocycles. The fourth-order valence-electron chi connectivity index (χ4n) is 1.65. The lowest BCUT2D eigenvalue weighted by molar-refractivity contribution is -0.385. The van der Waals surface area contributed by atoms with Crippen molar-refractivity contribution in [3.63, 3.8) is 0 Å². The first-order valence-corrected chi connectivity index (χ1v) is 5.79. The molecule has 0 saturated heterocycles. The van der Waals surface area contributed by atoms with Crippen LogP contribution in [0.2, 0.25) is 0 Å². The van der Waals surface area contributed by atoms with E-state index in [2.05, 4.69) is 10.3 Å². The molecule has 0 atom stereocenters. The van der Waals surface area contributed by atoms with E-state index >= 15 is 0 Å². The largest absolute Gasteiger partial charge is 0.348 e. The number of hydrogen-bond acceptors (Lipinski definition) is 4. The quantitative estimate of drug-likeness (QED) is 0.691. The summed E-state index contributed by atoms with van der Waals surface area (Å²) in [5.74, 6) is -3.58. The van der Waals surface area contributed by atoms with Crippen LogP contribution in [0, 0.1) is 21.7 Å². The zero-order chi connectivity index (χ0) is 15.4. The van der Waals surface area contributed by atoms with Crippen LogP contribution in [0.15, 0.2) is 36.7 Å². The second kappa shape index (κ2) is 6.04. The van der Waals surface area contributed by atoms with Crippen LogP contribution < -0.4 is 5.32 Å². The summed E-state index contributed by atoms with van der Waals surface area (Å²) in [6, 6.07) is 4.23. The summed E-state index contributed by atoms with van der Waals surface area (Å²) < 4.78 is 26.2. The molecular formula is C13H9F2N3O3. The highest BCUT2D eigenvalue weighted by Crippen LogP contribution is 2.22. The van der Waals surface area contributed by atoms with Crippen LogP contribution in [-0.2, 0) is 6.54 Å². The van der Waals surface area contributed by atoms with Gasteiger partial charge in [0, 0.05) is 18.9 Å². The fourth-order valence-corrected chi connectivity index (χ4v) is 1.65. The van der Waals surface area contributed by atoms with Gasteiger partial charge in [0.2, 0.25) is 0 Å². The minimum atomic E-state index is -1.38. The van der Waals surface area contributed by atoms with Crippen molar-refractivity contribution < 1.29 is 18.5 Å². The Morgan fingerprint density at radius 2 is 2.05 bits per heavy atom. The first kappa shape index (κ1) is 14.5. The molecule has 0 aliphatic carbocycles. The van der Waals surface area contributed by atoms with E-state index in [1.807, 2.05) is 0 Å². The predicted molar refractivity (Wildman–Crippen MR) is 68.4 cm³/mol. The number of carbonyl (C=O) groups is 1. The molecule has 0 bridgehead atoms. The number of rotatable bonds is 4. The first-order chi connectivity index (χ1) is 9.99. The summed E-state index contributed by atoms with van der Waals surface area (Å²) >= 11 is 0. The lowest BCUT2D eigenvalue weighted by atomic mass is 10.1. The maximum absolute atomic E-state index is 13.2. The fraction of sp³-hybridized carbons (Fsp3) is 0.0769. The number of nitro groups is 1. The highest BCUT2D eigenvalue weighted by molar-refractivity contribution is 5.98. The lowest BCUT2D eigenvalue weighted by Crippen LogP contribution is -2.24. The lowest BCUT2D eigenvalue weighted by Gasteiger charge is -2.06. The minimum Gasteiger partial charge on any atom is -0.348 e. The molecule has 2 rings (SSSR count). The van der Waals surface area contributed by atoms with Crippen LogP contribution in [-0.4, -0.2) is 15.8 Å². The normalized spacial score (nSPS) is 10.2. The molecule has 108 valence electrons. The average molecular weight is 293 g/mol. The molecule has 1 heterocycles. The molecule has 0 saturated carbocycles. The van der Waals surface area contributed by atoms with Gasteiger partial charge >= 0.3 is 0 Å². The minimum absolute atomic E-state index is 0.0584. The Morgan fingerprint density at radius 3 is 2.67 bits per heavy atom. The molecule has 6 nitrogen and oxygen atoms in total. The van der Waals surface area contributed by atoms with E-state index in [0.29, 0.717) is 17.7 Å². The zero-order valence-electron chi connectivity index (χ0n) is 10.5. The molecule has 0 aliphatic rings. The van der Waals surface area contributed by atoms with Crippen LogP contribution in [0.5, 0.6) is 0 Å². The van der Waals surface area contributed by atoms with Crippen molar-refractivity contribution in [2.75, 3.05) is 0 Å². The smallest absolute Gasteiger partial charge is 0.285 e. The number of nitrogens with zero attached hydrogens (tertiary/aromatic N) is 2. The average Bonchev–Trinajstić information content (AvgIpc) is 2.48. The van der Waals surface area contributed by atoms with Crippen molar-refractivity contribution in [1.82, 2.24) is 10.3 Å². The molecule has 1 amide bonds. The molecule has 1 N–H and O–H groups in total. The van der Waals surface area contributed by atoms with Gasteiger partial charge in [0.05, 0.1) is 11.0 Å². The Labute approximate surface area is 117 Å². The van der Waals surface area contributed by atoms with E-state index in [1.54, 1.807) is 18.3 Å². The van der Waals surface area contributed by atoms with Gasteiger partial charge in [0.25, 0.3) is 11.6 Å². The van der Waals surface area contributed by atoms with Gasteiger partial charge in [0.1, 0.15) is 5.56 Å². The molecule has 21 heavy (non-hydrogen) atoms. The van der Waals surface area contributed by atoms with E-state index < -0.39 is 33.7 Å². The number of carbonyl (C=O) groups excluding carboxylic acids is 1. The topological polar surface area (TPSA) is 85.1 Å². The second-order valence-corrected chi connectivity index (χ2v) is 4.08. The highest BCUT2D eigenvalue weighted by Gasteiger charge is 2.23. The molecule has 1 aromatic carbocycles. The Morgan fingerprint density at radius 1 is 1.33 bits per heavy atom. The Hall–Kier alpha value is -2.90. The van der Waals surface area contributed by atoms with Crippen molar-refractivity contribution in [2.45, 2.75) is 6.54 Å². The van der Waals surface area contributed by atoms with Crippen LogP contribution in [0.3, 0.4) is 0 Å². The molecule has 0 aliphatic heterocycles. The summed E-state index contributed by atoms with van der Waals surface area (Å²) in [6.07, 6.45) is 3.05. The number of amides is 1. The predicted octanol–water partition coefficient (Wildman–Crippen LogP) is 2.20. The van der Waals surface area contributed by atoms with Gasteiger partial charge in [-0.25, -0.2) is 8.78 Å². The monoisotopic (exact) mass is 293 g/mol. The van der Waals surface area contributed by atoms with Gasteiger partial charge in [-0.2, -0.15) is 0 Å². The first-order valence-electron chi connectivity index (χ1n) is 5.79. The summed E-state index contributed by atoms with van der Waals surface area (Å²) in [5, 5.41) is 13.2. The SMILES string of the molecule is O=C(NCc1cccnc1)c1cc(F)c(F)cc1[N+](=O)[O-]. The standard InChI is InChI=1S/C13H9F2N3O3/c14-10-4-9(12(18(20)21)5-11(10)15)13(19)17-7-8-2-1-3-16-6-8/h1-6H,7H2,(H,17,19). The number of nitro benzene ring substituents is 1. The Kier molecular flexibility index (Phi) is 4.17. The summed E-state index contributed by atoms with van der Waals surface area (Å²) in [6.45, 7) is 0.0584. The maximum atomic E-state index is 13.2. The molecule has 0 unspecified atom stereocenters. The zero-order valence-corrected chi connectivity index (χ0v) is 10.5. The summed E-state index contributed by atoms with van der Waals surface area (Å²) in [5.41, 5.74) is -0.670. The molecule has 2 aromatic rings. The van der Waals surface area contributed by atoms with Gasteiger partial charge in [0.15, 0.2) is 11.6 Å². The number of aromatic nitrogens is 1. The number of benzene rings is 1. The van der Waals surface area contributed by atoms with Crippen molar-refractivity contribution in [1.29, 1.82) is 0 Å². The third-order valence-corrected chi connectivity index (χ3v) is 2.66. The Balaban J connectivity index is 2.22. The highest BCUT2D eigenvalue weighted by atomic mass is 19.2. The van der Waals surface area contributed by atoms with Crippen molar-refractivity contribution in [3.8, 4) is 0 Å². The van der Waals surface area contributed by atoms with Crippen LogP contribution >= 0.6 is 0 Å². The van der Waals surface area contributed by atoms with Crippen molar-refractivity contribution in [3.05, 3.63) is 69.5 Å². The molecule has 0 radical (unpaired) electrons. The van der Waals surface area contributed by atoms with E-state index in [-0.39, 0.29) is 6.54 Å². The summed E-state index contributed by atoms with van der Waals surface area (Å²) in [4.78, 5) is 25.6. The molecule has 8 heteroatoms. The number of halogens is 2. The molecule has 0 spiro atoms. The molecule has 0 fully saturated rings. The third kappa shape index (κ3) is 3.35. The Bertz CT molecular complexity index is 693. The molecular weight excluding hydrogens is 284 g/mol. The summed E-state index contributed by atoms with van der Waals surface area (Å²) in [7, 11) is 0. The third-order valence-electron chi connectivity index (χ3n) is 2.66. The van der Waals surface area contributed by atoms with E-state index in [0.717, 1.165) is 0 Å². The van der Waals surface area contributed by atoms with Crippen LogP contribution in [0.4, 0.5) is 14.5 Å². The van der Waals surface area contributed by atoms with Gasteiger partial charge in [-0.1, -0.05) is 6.07 Å². The van der Waals surface area contributed by atoms with Gasteiger partial charge in [-0.15, -0.1) is 0 Å². The second-order valence-electron chi connectivity index (χ2n) is 4.08. The van der Waals surface area contributed by atoms with Gasteiger partial charge in [-0.3, -0.25) is 19.9 Å². The van der Waals surface area contributed by atoms with Crippen LogP contribution in [0.25, 0.3) is 0 Å². The maximum Gasteiger partial charge on any atom is 0.285 e. The van der Waals surface area contributed by atoms with E-state index in [4.69, 9.17) is 0 Å².